The van der Waals surface area contributed by atoms with Crippen molar-refractivity contribution in [1.82, 2.24) is 5.32 Å². The lowest BCUT2D eigenvalue weighted by molar-refractivity contribution is 0.104. The second kappa shape index (κ2) is 6.25. The molecular weight excluding hydrogens is 204 g/mol. The molecule has 0 aromatic heterocycles. The van der Waals surface area contributed by atoms with Crippen molar-refractivity contribution in [1.29, 1.82) is 5.26 Å². The van der Waals surface area contributed by atoms with Crippen molar-refractivity contribution in [2.75, 3.05) is 13.7 Å². The average molecular weight is 216 g/mol. The van der Waals surface area contributed by atoms with E-state index in [-0.39, 0.29) is 12.3 Å². The highest BCUT2D eigenvalue weighted by Crippen LogP contribution is 2.11. The maximum Gasteiger partial charge on any atom is 0.187 e. The van der Waals surface area contributed by atoms with Crippen LogP contribution in [0.4, 0.5) is 0 Å². The van der Waals surface area contributed by atoms with Crippen LogP contribution in [0.5, 0.6) is 5.75 Å². The number of nitrogens with one attached hydrogen (secondary N) is 1. The molecule has 1 aromatic rings. The van der Waals surface area contributed by atoms with Gasteiger partial charge in [-0.1, -0.05) is 0 Å². The predicted octanol–water partition coefficient (Wildman–Crippen LogP) is 1.50. The van der Waals surface area contributed by atoms with Crippen molar-refractivity contribution >= 4 is 5.78 Å². The molecule has 0 saturated heterocycles. The van der Waals surface area contributed by atoms with Crippen molar-refractivity contribution in [3.05, 3.63) is 42.1 Å². The maximum absolute atomic E-state index is 11.6. The van der Waals surface area contributed by atoms with E-state index in [2.05, 4.69) is 5.32 Å². The van der Waals surface area contributed by atoms with Gasteiger partial charge in [0, 0.05) is 17.8 Å². The molecule has 0 spiro atoms. The van der Waals surface area contributed by atoms with Gasteiger partial charge in [0.15, 0.2) is 5.78 Å². The van der Waals surface area contributed by atoms with Crippen LogP contribution < -0.4 is 10.1 Å². The minimum Gasteiger partial charge on any atom is -0.497 e. The largest absolute Gasteiger partial charge is 0.497 e. The summed E-state index contributed by atoms with van der Waals surface area (Å²) >= 11 is 0. The quantitative estimate of drug-likeness (QED) is 0.350. The molecule has 0 aliphatic rings. The second-order valence-corrected chi connectivity index (χ2v) is 2.97. The number of allylic oxidation sites excluding steroid dienone is 1. The van der Waals surface area contributed by atoms with Crippen molar-refractivity contribution in [3.63, 3.8) is 0 Å². The molecule has 82 valence electrons. The van der Waals surface area contributed by atoms with Crippen LogP contribution in [0, 0.1) is 11.3 Å². The van der Waals surface area contributed by atoms with E-state index in [4.69, 9.17) is 10.00 Å². The van der Waals surface area contributed by atoms with Gasteiger partial charge in [-0.05, 0) is 24.3 Å². The van der Waals surface area contributed by atoms with Crippen LogP contribution in [0.2, 0.25) is 0 Å². The summed E-state index contributed by atoms with van der Waals surface area (Å²) in [7, 11) is 1.57. The number of nitriles is 1. The van der Waals surface area contributed by atoms with E-state index in [1.807, 2.05) is 6.07 Å². The molecule has 4 nitrogen and oxygen atoms in total. The third-order valence-corrected chi connectivity index (χ3v) is 1.91. The zero-order valence-electron chi connectivity index (χ0n) is 8.93. The van der Waals surface area contributed by atoms with Gasteiger partial charge in [0.2, 0.25) is 0 Å². The smallest absolute Gasteiger partial charge is 0.187 e. The van der Waals surface area contributed by atoms with Gasteiger partial charge in [0.1, 0.15) is 12.3 Å². The SMILES string of the molecule is COc1ccc(C(=O)/C=C\NCC#N)cc1. The molecule has 1 rings (SSSR count). The molecule has 1 aromatic carbocycles. The summed E-state index contributed by atoms with van der Waals surface area (Å²) in [6.07, 6.45) is 2.86. The molecule has 0 aliphatic heterocycles. The number of ketones is 1. The summed E-state index contributed by atoms with van der Waals surface area (Å²) in [5.74, 6) is 0.594. The van der Waals surface area contributed by atoms with E-state index in [9.17, 15) is 4.79 Å². The fourth-order valence-electron chi connectivity index (χ4n) is 1.09. The Balaban J connectivity index is 2.59. The molecule has 0 saturated carbocycles. The van der Waals surface area contributed by atoms with Crippen LogP contribution in [0.1, 0.15) is 10.4 Å². The number of methoxy groups -OCH3 is 1. The van der Waals surface area contributed by atoms with E-state index in [1.165, 1.54) is 12.3 Å². The molecular formula is C12H12N2O2. The monoisotopic (exact) mass is 216 g/mol. The van der Waals surface area contributed by atoms with E-state index >= 15 is 0 Å². The van der Waals surface area contributed by atoms with Gasteiger partial charge in [-0.15, -0.1) is 0 Å². The first-order chi connectivity index (χ1) is 7.77. The lowest BCUT2D eigenvalue weighted by Crippen LogP contribution is -2.05. The lowest BCUT2D eigenvalue weighted by atomic mass is 10.1. The van der Waals surface area contributed by atoms with Gasteiger partial charge in [-0.2, -0.15) is 5.26 Å². The Labute approximate surface area is 94.1 Å². The van der Waals surface area contributed by atoms with E-state index in [0.29, 0.717) is 11.3 Å². The first-order valence-corrected chi connectivity index (χ1v) is 4.73. The second-order valence-electron chi connectivity index (χ2n) is 2.97. The molecule has 0 unspecified atom stereocenters. The minimum atomic E-state index is -0.118. The van der Waals surface area contributed by atoms with Gasteiger partial charge >= 0.3 is 0 Å². The van der Waals surface area contributed by atoms with Crippen LogP contribution in [0.3, 0.4) is 0 Å². The normalized spacial score (nSPS) is 9.75. The van der Waals surface area contributed by atoms with Crippen LogP contribution in [0.15, 0.2) is 36.5 Å². The van der Waals surface area contributed by atoms with Crippen LogP contribution >= 0.6 is 0 Å². The number of nitrogens with zero attached hydrogens (tertiary/aromatic N) is 1. The number of rotatable bonds is 5. The Hall–Kier alpha value is -2.28. The molecule has 0 bridgehead atoms. The van der Waals surface area contributed by atoms with Gasteiger partial charge < -0.3 is 10.1 Å². The Morgan fingerprint density at radius 3 is 2.75 bits per heavy atom. The molecule has 4 heteroatoms. The van der Waals surface area contributed by atoms with Gasteiger partial charge in [0.05, 0.1) is 13.2 Å². The van der Waals surface area contributed by atoms with Crippen molar-refractivity contribution < 1.29 is 9.53 Å². The highest BCUT2D eigenvalue weighted by atomic mass is 16.5. The van der Waals surface area contributed by atoms with Crippen LogP contribution in [-0.4, -0.2) is 19.4 Å². The number of hydrogen-bond acceptors (Lipinski definition) is 4. The molecule has 0 aliphatic carbocycles. The van der Waals surface area contributed by atoms with E-state index < -0.39 is 0 Å². The Bertz CT molecular complexity index is 416. The first-order valence-electron chi connectivity index (χ1n) is 4.73. The molecule has 1 N–H and O–H groups in total. The third-order valence-electron chi connectivity index (χ3n) is 1.91. The van der Waals surface area contributed by atoms with Crippen LogP contribution in [0.25, 0.3) is 0 Å². The van der Waals surface area contributed by atoms with Crippen LogP contribution in [-0.2, 0) is 0 Å². The minimum absolute atomic E-state index is 0.118. The first kappa shape index (κ1) is 11.8. The van der Waals surface area contributed by atoms with Crippen molar-refractivity contribution in [2.24, 2.45) is 0 Å². The summed E-state index contributed by atoms with van der Waals surface area (Å²) in [6, 6.07) is 8.74. The zero-order chi connectivity index (χ0) is 11.8. The Morgan fingerprint density at radius 1 is 1.50 bits per heavy atom. The number of carbonyl (C=O) groups excluding carboxylic acids is 1. The summed E-state index contributed by atoms with van der Waals surface area (Å²) in [4.78, 5) is 11.6. The fourth-order valence-corrected chi connectivity index (χ4v) is 1.09. The molecule has 0 atom stereocenters. The van der Waals surface area contributed by atoms with E-state index in [1.54, 1.807) is 31.4 Å². The Morgan fingerprint density at radius 2 is 2.19 bits per heavy atom. The molecule has 0 heterocycles. The molecule has 0 fully saturated rings. The van der Waals surface area contributed by atoms with Crippen molar-refractivity contribution in [3.8, 4) is 11.8 Å². The molecule has 16 heavy (non-hydrogen) atoms. The maximum atomic E-state index is 11.6. The number of ether oxygens (including phenoxy) is 1. The van der Waals surface area contributed by atoms with E-state index in [0.717, 1.165) is 0 Å². The summed E-state index contributed by atoms with van der Waals surface area (Å²) in [6.45, 7) is 0.187. The highest BCUT2D eigenvalue weighted by Gasteiger charge is 2.00. The predicted molar refractivity (Wildman–Crippen MR) is 60.1 cm³/mol. The average Bonchev–Trinajstić information content (AvgIpc) is 2.34. The topological polar surface area (TPSA) is 62.1 Å². The van der Waals surface area contributed by atoms with Gasteiger partial charge in [-0.25, -0.2) is 0 Å². The zero-order valence-corrected chi connectivity index (χ0v) is 8.93. The summed E-state index contributed by atoms with van der Waals surface area (Å²) < 4.78 is 4.98. The third kappa shape index (κ3) is 3.46. The fraction of sp³-hybridized carbons (Fsp3) is 0.167. The van der Waals surface area contributed by atoms with Crippen molar-refractivity contribution in [2.45, 2.75) is 0 Å². The van der Waals surface area contributed by atoms with Gasteiger partial charge in [0.25, 0.3) is 0 Å². The summed E-state index contributed by atoms with van der Waals surface area (Å²) in [5.41, 5.74) is 0.579. The Kier molecular flexibility index (Phi) is 4.61. The lowest BCUT2D eigenvalue weighted by Gasteiger charge is -1.99. The highest BCUT2D eigenvalue weighted by molar-refractivity contribution is 6.04. The number of carbonyl (C=O) groups is 1. The number of hydrogen-bond donors (Lipinski definition) is 1. The van der Waals surface area contributed by atoms with Gasteiger partial charge in [-0.3, -0.25) is 4.79 Å². The molecule has 0 amide bonds. The summed E-state index contributed by atoms with van der Waals surface area (Å²) in [5, 5.41) is 10.9. The molecule has 0 radical (unpaired) electrons. The number of benzene rings is 1. The standard InChI is InChI=1S/C12H12N2O2/c1-16-11-4-2-10(3-5-11)12(15)6-8-14-9-7-13/h2-6,8,14H,9H2,1H3/b8-6-.